The van der Waals surface area contributed by atoms with Crippen molar-refractivity contribution in [1.29, 1.82) is 0 Å². The molecule has 3 rings (SSSR count). The van der Waals surface area contributed by atoms with Crippen molar-refractivity contribution in [2.45, 2.75) is 52.5 Å². The molecule has 0 saturated carbocycles. The lowest BCUT2D eigenvalue weighted by atomic mass is 9.98. The Balaban J connectivity index is 0.00000187. The summed E-state index contributed by atoms with van der Waals surface area (Å²) >= 11 is 12.4. The second-order valence-electron chi connectivity index (χ2n) is 7.70. The van der Waals surface area contributed by atoms with Crippen LogP contribution in [0.3, 0.4) is 0 Å². The zero-order valence-electron chi connectivity index (χ0n) is 19.9. The first kappa shape index (κ1) is 27.0. The summed E-state index contributed by atoms with van der Waals surface area (Å²) in [4.78, 5) is 28.4. The number of anilines is 1. The molecule has 1 amide bonds. The Morgan fingerprint density at radius 3 is 2.30 bits per heavy atom. The number of halogens is 2. The summed E-state index contributed by atoms with van der Waals surface area (Å²) in [5.74, 6) is -0.402. The van der Waals surface area contributed by atoms with Crippen LogP contribution in [0.25, 0.3) is 0 Å². The highest BCUT2D eigenvalue weighted by Gasteiger charge is 2.32. The van der Waals surface area contributed by atoms with Crippen molar-refractivity contribution in [3.63, 3.8) is 0 Å². The minimum atomic E-state index is -0.369. The zero-order chi connectivity index (χ0) is 24.4. The number of hydrogen-bond acceptors (Lipinski definition) is 4. The third kappa shape index (κ3) is 7.38. The Kier molecular flexibility index (Phi) is 11.0. The van der Waals surface area contributed by atoms with Gasteiger partial charge in [0.15, 0.2) is 0 Å². The van der Waals surface area contributed by atoms with Crippen molar-refractivity contribution >= 4 is 40.8 Å². The fraction of sp³-hybridized carbons (Fsp3) is 0.462. The van der Waals surface area contributed by atoms with Crippen molar-refractivity contribution in [1.82, 2.24) is 4.90 Å². The van der Waals surface area contributed by atoms with E-state index in [1.807, 2.05) is 55.1 Å². The maximum absolute atomic E-state index is 12.8. The molecule has 180 valence electrons. The Hall–Kier alpha value is -2.24. The van der Waals surface area contributed by atoms with Crippen molar-refractivity contribution < 1.29 is 14.3 Å². The van der Waals surface area contributed by atoms with Crippen LogP contribution in [-0.2, 0) is 20.7 Å². The summed E-state index contributed by atoms with van der Waals surface area (Å²) in [5, 5.41) is 1.40. The van der Waals surface area contributed by atoms with E-state index < -0.39 is 0 Å². The highest BCUT2D eigenvalue weighted by Crippen LogP contribution is 2.35. The number of methoxy groups -OCH3 is 1. The molecule has 2 aromatic rings. The van der Waals surface area contributed by atoms with Gasteiger partial charge in [-0.05, 0) is 47.9 Å². The number of piperazine rings is 1. The molecule has 1 unspecified atom stereocenters. The van der Waals surface area contributed by atoms with Gasteiger partial charge in [0, 0.05) is 41.8 Å². The molecule has 1 saturated heterocycles. The topological polar surface area (TPSA) is 49.9 Å². The quantitative estimate of drug-likeness (QED) is 0.424. The number of rotatable bonds is 7. The van der Waals surface area contributed by atoms with Crippen molar-refractivity contribution in [2.24, 2.45) is 0 Å². The van der Waals surface area contributed by atoms with E-state index in [1.165, 1.54) is 12.7 Å². The van der Waals surface area contributed by atoms with Crippen LogP contribution in [0, 0.1) is 0 Å². The van der Waals surface area contributed by atoms with E-state index in [0.717, 1.165) is 29.1 Å². The van der Waals surface area contributed by atoms with Gasteiger partial charge in [0.1, 0.15) is 0 Å². The molecular formula is C26H34Cl2N2O3. The molecule has 1 atom stereocenters. The van der Waals surface area contributed by atoms with Crippen LogP contribution in [0.4, 0.5) is 5.69 Å². The number of amides is 1. The largest absolute Gasteiger partial charge is 0.469 e. The summed E-state index contributed by atoms with van der Waals surface area (Å²) in [6.07, 6.45) is 2.20. The summed E-state index contributed by atoms with van der Waals surface area (Å²) in [6, 6.07) is 13.8. The Labute approximate surface area is 207 Å². The van der Waals surface area contributed by atoms with Gasteiger partial charge in [-0.1, -0.05) is 62.5 Å². The minimum Gasteiger partial charge on any atom is -0.469 e. The molecule has 5 nitrogen and oxygen atoms in total. The Morgan fingerprint density at radius 2 is 1.67 bits per heavy atom. The summed E-state index contributed by atoms with van der Waals surface area (Å²) in [6.45, 7) is 7.98. The molecule has 0 spiro atoms. The molecule has 0 aromatic heterocycles. The van der Waals surface area contributed by atoms with E-state index >= 15 is 0 Å². The van der Waals surface area contributed by atoms with Gasteiger partial charge in [-0.15, -0.1) is 0 Å². The number of nitrogens with zero attached hydrogens (tertiary/aromatic N) is 2. The number of carbonyl (C=O) groups excluding carboxylic acids is 2. The average molecular weight is 493 g/mol. The van der Waals surface area contributed by atoms with Crippen molar-refractivity contribution in [3.05, 3.63) is 63.6 Å². The third-order valence-corrected chi connectivity index (χ3v) is 6.12. The molecule has 0 bridgehead atoms. The van der Waals surface area contributed by atoms with Crippen LogP contribution in [0.15, 0.2) is 42.5 Å². The predicted octanol–water partition coefficient (Wildman–Crippen LogP) is 6.32. The van der Waals surface area contributed by atoms with E-state index in [-0.39, 0.29) is 30.8 Å². The number of aryl methyl sites for hydroxylation is 1. The third-order valence-electron chi connectivity index (χ3n) is 5.63. The fourth-order valence-corrected chi connectivity index (χ4v) is 4.36. The number of ether oxygens (including phenoxy) is 1. The monoisotopic (exact) mass is 492 g/mol. The van der Waals surface area contributed by atoms with Crippen LogP contribution in [0.2, 0.25) is 10.0 Å². The van der Waals surface area contributed by atoms with Gasteiger partial charge in [-0.3, -0.25) is 9.59 Å². The SMILES string of the molecule is CC.CCCc1cc(Cl)ccc1N1CCN(C(=O)CCC(=O)OC)CC1c1ccc(Cl)cc1. The highest BCUT2D eigenvalue weighted by atomic mass is 35.5. The molecule has 33 heavy (non-hydrogen) atoms. The minimum absolute atomic E-state index is 0.0233. The summed E-state index contributed by atoms with van der Waals surface area (Å²) in [7, 11) is 1.34. The van der Waals surface area contributed by atoms with Crippen LogP contribution < -0.4 is 4.90 Å². The number of carbonyl (C=O) groups is 2. The van der Waals surface area contributed by atoms with Gasteiger partial charge in [-0.2, -0.15) is 0 Å². The van der Waals surface area contributed by atoms with Gasteiger partial charge < -0.3 is 14.5 Å². The van der Waals surface area contributed by atoms with E-state index in [9.17, 15) is 9.59 Å². The van der Waals surface area contributed by atoms with E-state index in [0.29, 0.717) is 24.7 Å². The van der Waals surface area contributed by atoms with E-state index in [1.54, 1.807) is 0 Å². The maximum Gasteiger partial charge on any atom is 0.306 e. The lowest BCUT2D eigenvalue weighted by molar-refractivity contribution is -0.143. The molecule has 0 N–H and O–H groups in total. The number of esters is 1. The van der Waals surface area contributed by atoms with E-state index in [4.69, 9.17) is 23.2 Å². The average Bonchev–Trinajstić information content (AvgIpc) is 2.84. The molecule has 1 fully saturated rings. The van der Waals surface area contributed by atoms with Gasteiger partial charge in [0.25, 0.3) is 0 Å². The Bertz CT molecular complexity index is 918. The zero-order valence-corrected chi connectivity index (χ0v) is 21.5. The molecule has 0 radical (unpaired) electrons. The first-order chi connectivity index (χ1) is 15.9. The molecule has 1 aliphatic rings. The smallest absolute Gasteiger partial charge is 0.306 e. The predicted molar refractivity (Wildman–Crippen MR) is 136 cm³/mol. The van der Waals surface area contributed by atoms with Crippen LogP contribution in [0.5, 0.6) is 0 Å². The fourth-order valence-electron chi connectivity index (χ4n) is 4.04. The second-order valence-corrected chi connectivity index (χ2v) is 8.57. The van der Waals surface area contributed by atoms with Crippen molar-refractivity contribution in [3.8, 4) is 0 Å². The lowest BCUT2D eigenvalue weighted by Gasteiger charge is -2.44. The molecule has 7 heteroatoms. The second kappa shape index (κ2) is 13.5. The van der Waals surface area contributed by atoms with Crippen molar-refractivity contribution in [2.75, 3.05) is 31.6 Å². The maximum atomic E-state index is 12.8. The van der Waals surface area contributed by atoms with Crippen LogP contribution >= 0.6 is 23.2 Å². The number of benzene rings is 2. The molecule has 1 heterocycles. The highest BCUT2D eigenvalue weighted by molar-refractivity contribution is 6.31. The molecular weight excluding hydrogens is 459 g/mol. The van der Waals surface area contributed by atoms with Gasteiger partial charge in [0.2, 0.25) is 5.91 Å². The molecule has 1 aliphatic heterocycles. The van der Waals surface area contributed by atoms with Gasteiger partial charge >= 0.3 is 5.97 Å². The number of hydrogen-bond donors (Lipinski definition) is 0. The summed E-state index contributed by atoms with van der Waals surface area (Å²) in [5.41, 5.74) is 3.44. The van der Waals surface area contributed by atoms with Crippen LogP contribution in [-0.4, -0.2) is 43.5 Å². The normalized spacial score (nSPS) is 15.5. The first-order valence-electron chi connectivity index (χ1n) is 11.6. The summed E-state index contributed by atoms with van der Waals surface area (Å²) < 4.78 is 4.67. The molecule has 0 aliphatic carbocycles. The van der Waals surface area contributed by atoms with Gasteiger partial charge in [-0.25, -0.2) is 0 Å². The lowest BCUT2D eigenvalue weighted by Crippen LogP contribution is -2.51. The van der Waals surface area contributed by atoms with E-state index in [2.05, 4.69) is 22.6 Å². The first-order valence-corrected chi connectivity index (χ1v) is 12.3. The Morgan fingerprint density at radius 1 is 1.00 bits per heavy atom. The van der Waals surface area contributed by atoms with Crippen LogP contribution in [0.1, 0.15) is 57.2 Å². The standard InChI is InChI=1S/C24H28Cl2N2O3.C2H6/c1-3-4-18-15-20(26)9-10-21(18)28-14-13-27(23(29)11-12-24(30)31-2)16-22(28)17-5-7-19(25)8-6-17;1-2/h5-10,15,22H,3-4,11-14,16H2,1-2H3;1-2H3. The van der Waals surface area contributed by atoms with Gasteiger partial charge in [0.05, 0.1) is 19.6 Å². The molecule has 2 aromatic carbocycles.